The second kappa shape index (κ2) is 9.50. The van der Waals surface area contributed by atoms with Crippen molar-refractivity contribution in [2.45, 2.75) is 25.9 Å². The van der Waals surface area contributed by atoms with Crippen LogP contribution in [0.4, 0.5) is 0 Å². The summed E-state index contributed by atoms with van der Waals surface area (Å²) in [5, 5.41) is 13.5. The van der Waals surface area contributed by atoms with Gasteiger partial charge in [0.15, 0.2) is 0 Å². The van der Waals surface area contributed by atoms with Crippen molar-refractivity contribution in [3.05, 3.63) is 12.2 Å². The number of carbonyl (C=O) groups excluding carboxylic acids is 3. The van der Waals surface area contributed by atoms with Gasteiger partial charge in [0.1, 0.15) is 6.04 Å². The smallest absolute Gasteiger partial charge is 0.330 e. The fraction of sp³-hybridized carbons (Fsp3) is 0.538. The quantitative estimate of drug-likeness (QED) is 0.311. The molecule has 0 aliphatic rings. The standard InChI is InChI=1S/C13H21N3O6/c1-7(2)11(14)12(19)16-8(13(20)21)6-15-9(17)4-5-10(18)22-3/h4-5,7-8,11H,6,14H2,1-3H3,(H,15,17)(H,16,19)(H,20,21)/b5-4+/t8-,11-/m0/s1. The third kappa shape index (κ3) is 7.39. The highest BCUT2D eigenvalue weighted by atomic mass is 16.5. The van der Waals surface area contributed by atoms with Crippen molar-refractivity contribution in [3.63, 3.8) is 0 Å². The molecule has 0 aliphatic carbocycles. The fourth-order valence-corrected chi connectivity index (χ4v) is 1.24. The monoisotopic (exact) mass is 315 g/mol. The Morgan fingerprint density at radius 2 is 1.82 bits per heavy atom. The first-order chi connectivity index (χ1) is 10.2. The van der Waals surface area contributed by atoms with Crippen LogP contribution in [0.2, 0.25) is 0 Å². The lowest BCUT2D eigenvalue weighted by Crippen LogP contribution is -2.53. The minimum absolute atomic E-state index is 0.160. The van der Waals surface area contributed by atoms with Crippen molar-refractivity contribution < 1.29 is 29.0 Å². The molecular formula is C13H21N3O6. The predicted octanol–water partition coefficient (Wildman–Crippen LogP) is -1.62. The van der Waals surface area contributed by atoms with Crippen LogP contribution in [0.1, 0.15) is 13.8 Å². The zero-order valence-electron chi connectivity index (χ0n) is 12.7. The van der Waals surface area contributed by atoms with Crippen molar-refractivity contribution in [2.75, 3.05) is 13.7 Å². The molecule has 9 heteroatoms. The maximum absolute atomic E-state index is 11.7. The number of hydrogen-bond donors (Lipinski definition) is 4. The predicted molar refractivity (Wildman–Crippen MR) is 76.5 cm³/mol. The van der Waals surface area contributed by atoms with Gasteiger partial charge in [-0.1, -0.05) is 13.8 Å². The fourth-order valence-electron chi connectivity index (χ4n) is 1.24. The van der Waals surface area contributed by atoms with Crippen LogP contribution < -0.4 is 16.4 Å². The Hall–Kier alpha value is -2.42. The summed E-state index contributed by atoms with van der Waals surface area (Å²) in [6.07, 6.45) is 1.78. The molecule has 0 bridgehead atoms. The molecule has 22 heavy (non-hydrogen) atoms. The normalized spacial score (nSPS) is 13.5. The number of methoxy groups -OCH3 is 1. The lowest BCUT2D eigenvalue weighted by atomic mass is 10.0. The molecular weight excluding hydrogens is 294 g/mol. The van der Waals surface area contributed by atoms with E-state index in [1.54, 1.807) is 13.8 Å². The Labute approximate surface area is 127 Å². The van der Waals surface area contributed by atoms with E-state index in [4.69, 9.17) is 10.8 Å². The van der Waals surface area contributed by atoms with Gasteiger partial charge in [-0.05, 0) is 5.92 Å². The van der Waals surface area contributed by atoms with Gasteiger partial charge in [-0.15, -0.1) is 0 Å². The van der Waals surface area contributed by atoms with Crippen LogP contribution in [0.5, 0.6) is 0 Å². The number of nitrogens with two attached hydrogens (primary N) is 1. The number of amides is 2. The maximum atomic E-state index is 11.7. The summed E-state index contributed by atoms with van der Waals surface area (Å²) in [5.74, 6) is -3.52. The molecule has 2 atom stereocenters. The highest BCUT2D eigenvalue weighted by Gasteiger charge is 2.24. The van der Waals surface area contributed by atoms with Crippen LogP contribution in [0.15, 0.2) is 12.2 Å². The van der Waals surface area contributed by atoms with Crippen molar-refractivity contribution in [1.82, 2.24) is 10.6 Å². The number of ether oxygens (including phenoxy) is 1. The van der Waals surface area contributed by atoms with Gasteiger partial charge in [-0.3, -0.25) is 9.59 Å². The summed E-state index contributed by atoms with van der Waals surface area (Å²) in [7, 11) is 1.15. The largest absolute Gasteiger partial charge is 0.480 e. The number of aliphatic carboxylic acids is 1. The van der Waals surface area contributed by atoms with Crippen molar-refractivity contribution in [1.29, 1.82) is 0 Å². The van der Waals surface area contributed by atoms with Gasteiger partial charge in [0.25, 0.3) is 0 Å². The van der Waals surface area contributed by atoms with Crippen LogP contribution in [0.3, 0.4) is 0 Å². The highest BCUT2D eigenvalue weighted by molar-refractivity contribution is 5.95. The van der Waals surface area contributed by atoms with Gasteiger partial charge in [-0.2, -0.15) is 0 Å². The van der Waals surface area contributed by atoms with Crippen LogP contribution >= 0.6 is 0 Å². The molecule has 0 saturated heterocycles. The molecule has 0 fully saturated rings. The second-order valence-corrected chi connectivity index (χ2v) is 4.77. The molecule has 0 aromatic heterocycles. The van der Waals surface area contributed by atoms with E-state index in [9.17, 15) is 19.2 Å². The molecule has 0 radical (unpaired) electrons. The Morgan fingerprint density at radius 1 is 1.23 bits per heavy atom. The van der Waals surface area contributed by atoms with Gasteiger partial charge < -0.3 is 26.2 Å². The topological polar surface area (TPSA) is 148 Å². The lowest BCUT2D eigenvalue weighted by molar-refractivity contribution is -0.142. The Morgan fingerprint density at radius 3 is 2.27 bits per heavy atom. The third-order valence-corrected chi connectivity index (χ3v) is 2.69. The highest BCUT2D eigenvalue weighted by Crippen LogP contribution is 1.98. The van der Waals surface area contributed by atoms with E-state index < -0.39 is 35.8 Å². The minimum atomic E-state index is -1.33. The first kappa shape index (κ1) is 19.6. The number of carbonyl (C=O) groups is 4. The summed E-state index contributed by atoms with van der Waals surface area (Å²) in [6, 6.07) is -2.18. The van der Waals surface area contributed by atoms with Crippen molar-refractivity contribution in [3.8, 4) is 0 Å². The first-order valence-electron chi connectivity index (χ1n) is 6.51. The molecule has 0 heterocycles. The van der Waals surface area contributed by atoms with E-state index in [-0.39, 0.29) is 12.5 Å². The lowest BCUT2D eigenvalue weighted by Gasteiger charge is -2.19. The number of nitrogens with one attached hydrogen (secondary N) is 2. The van der Waals surface area contributed by atoms with Crippen LogP contribution in [-0.2, 0) is 23.9 Å². The molecule has 0 aromatic rings. The van der Waals surface area contributed by atoms with E-state index >= 15 is 0 Å². The molecule has 2 amide bonds. The van der Waals surface area contributed by atoms with Crippen molar-refractivity contribution >= 4 is 23.8 Å². The van der Waals surface area contributed by atoms with Crippen molar-refractivity contribution in [2.24, 2.45) is 11.7 Å². The molecule has 0 spiro atoms. The summed E-state index contributed by atoms with van der Waals surface area (Å²) in [6.45, 7) is 3.09. The molecule has 124 valence electrons. The second-order valence-electron chi connectivity index (χ2n) is 4.77. The van der Waals surface area contributed by atoms with Gasteiger partial charge in [0, 0.05) is 18.7 Å². The van der Waals surface area contributed by atoms with E-state index in [0.29, 0.717) is 0 Å². The molecule has 5 N–H and O–H groups in total. The van der Waals surface area contributed by atoms with Crippen LogP contribution in [-0.4, -0.2) is 54.6 Å². The van der Waals surface area contributed by atoms with E-state index in [1.807, 2.05) is 0 Å². The number of hydrogen-bond acceptors (Lipinski definition) is 6. The summed E-state index contributed by atoms with van der Waals surface area (Å²) < 4.78 is 4.30. The zero-order chi connectivity index (χ0) is 17.3. The van der Waals surface area contributed by atoms with Crippen LogP contribution in [0.25, 0.3) is 0 Å². The van der Waals surface area contributed by atoms with E-state index in [0.717, 1.165) is 19.3 Å². The van der Waals surface area contributed by atoms with E-state index in [1.165, 1.54) is 0 Å². The average molecular weight is 315 g/mol. The Kier molecular flexibility index (Phi) is 8.46. The molecule has 0 unspecified atom stereocenters. The van der Waals surface area contributed by atoms with Gasteiger partial charge in [-0.25, -0.2) is 9.59 Å². The Balaban J connectivity index is 4.52. The third-order valence-electron chi connectivity index (χ3n) is 2.69. The van der Waals surface area contributed by atoms with Crippen LogP contribution in [0, 0.1) is 5.92 Å². The molecule has 9 nitrogen and oxygen atoms in total. The number of esters is 1. The summed E-state index contributed by atoms with van der Waals surface area (Å²) in [4.78, 5) is 44.9. The molecule has 0 rings (SSSR count). The summed E-state index contributed by atoms with van der Waals surface area (Å²) >= 11 is 0. The minimum Gasteiger partial charge on any atom is -0.480 e. The molecule has 0 aliphatic heterocycles. The van der Waals surface area contributed by atoms with Gasteiger partial charge >= 0.3 is 11.9 Å². The van der Waals surface area contributed by atoms with E-state index in [2.05, 4.69) is 15.4 Å². The summed E-state index contributed by atoms with van der Waals surface area (Å²) in [5.41, 5.74) is 5.61. The number of carboxylic acid groups (broad SMARTS) is 1. The SMILES string of the molecule is COC(=O)/C=C/C(=O)NC[C@H](NC(=O)[C@@H](N)C(C)C)C(=O)O. The van der Waals surface area contributed by atoms with Gasteiger partial charge in [0.2, 0.25) is 11.8 Å². The number of carboxylic acids is 1. The average Bonchev–Trinajstić information content (AvgIpc) is 2.47. The number of rotatable bonds is 8. The van der Waals surface area contributed by atoms with Gasteiger partial charge in [0.05, 0.1) is 13.2 Å². The molecule has 0 saturated carbocycles. The zero-order valence-corrected chi connectivity index (χ0v) is 12.7. The first-order valence-corrected chi connectivity index (χ1v) is 6.51. The Bertz CT molecular complexity index is 461. The molecule has 0 aromatic carbocycles. The maximum Gasteiger partial charge on any atom is 0.330 e.